The SMILES string of the molecule is Cc1cc(C=O)c(C)n1-c1ccc(Oc2ccc([N+](=O)[O-])cc2[N+](=O)[O-])cc1. The van der Waals surface area contributed by atoms with Crippen molar-refractivity contribution in [3.63, 3.8) is 0 Å². The lowest BCUT2D eigenvalue weighted by Crippen LogP contribution is -2.00. The number of ether oxygens (including phenoxy) is 1. The zero-order valence-electron chi connectivity index (χ0n) is 15.0. The molecule has 1 aromatic heterocycles. The third kappa shape index (κ3) is 3.45. The molecule has 0 N–H and O–H groups in total. The quantitative estimate of drug-likeness (QED) is 0.352. The van der Waals surface area contributed by atoms with Crippen molar-refractivity contribution < 1.29 is 19.4 Å². The molecule has 0 aliphatic heterocycles. The Balaban J connectivity index is 1.92. The number of nitro benzene ring substituents is 2. The van der Waals surface area contributed by atoms with Gasteiger partial charge in [-0.1, -0.05) is 0 Å². The first-order valence-electron chi connectivity index (χ1n) is 8.17. The van der Waals surface area contributed by atoms with E-state index >= 15 is 0 Å². The molecule has 0 aliphatic carbocycles. The van der Waals surface area contributed by atoms with Crippen molar-refractivity contribution in [1.82, 2.24) is 4.57 Å². The first kappa shape index (κ1) is 18.8. The zero-order chi connectivity index (χ0) is 20.4. The van der Waals surface area contributed by atoms with E-state index in [-0.39, 0.29) is 11.4 Å². The van der Waals surface area contributed by atoms with Gasteiger partial charge in [0, 0.05) is 28.7 Å². The molecule has 0 saturated carbocycles. The highest BCUT2D eigenvalue weighted by Crippen LogP contribution is 2.34. The second-order valence-corrected chi connectivity index (χ2v) is 6.04. The highest BCUT2D eigenvalue weighted by molar-refractivity contribution is 5.77. The lowest BCUT2D eigenvalue weighted by atomic mass is 10.2. The fraction of sp³-hybridized carbons (Fsp3) is 0.105. The molecule has 9 heteroatoms. The summed E-state index contributed by atoms with van der Waals surface area (Å²) in [5, 5.41) is 22.0. The van der Waals surface area contributed by atoms with E-state index in [2.05, 4.69) is 0 Å². The first-order chi connectivity index (χ1) is 13.3. The molecular formula is C19H15N3O6. The van der Waals surface area contributed by atoms with Crippen LogP contribution in [0.1, 0.15) is 21.7 Å². The van der Waals surface area contributed by atoms with Crippen LogP contribution in [0, 0.1) is 34.1 Å². The number of aromatic nitrogens is 1. The van der Waals surface area contributed by atoms with E-state index in [1.54, 1.807) is 30.3 Å². The van der Waals surface area contributed by atoms with Crippen LogP contribution in [0.4, 0.5) is 11.4 Å². The molecule has 142 valence electrons. The van der Waals surface area contributed by atoms with Gasteiger partial charge in [-0.05, 0) is 50.2 Å². The number of hydrogen-bond donors (Lipinski definition) is 0. The number of hydrogen-bond acceptors (Lipinski definition) is 6. The van der Waals surface area contributed by atoms with E-state index in [0.717, 1.165) is 35.5 Å². The molecule has 28 heavy (non-hydrogen) atoms. The van der Waals surface area contributed by atoms with Crippen molar-refractivity contribution in [2.75, 3.05) is 0 Å². The molecule has 1 heterocycles. The molecule has 0 aliphatic rings. The summed E-state index contributed by atoms with van der Waals surface area (Å²) in [6.07, 6.45) is 0.796. The summed E-state index contributed by atoms with van der Waals surface area (Å²) >= 11 is 0. The van der Waals surface area contributed by atoms with E-state index in [9.17, 15) is 25.0 Å². The number of non-ortho nitro benzene ring substituents is 1. The van der Waals surface area contributed by atoms with Crippen molar-refractivity contribution in [2.45, 2.75) is 13.8 Å². The van der Waals surface area contributed by atoms with Gasteiger partial charge in [0.05, 0.1) is 15.9 Å². The second-order valence-electron chi connectivity index (χ2n) is 6.04. The molecule has 3 aromatic rings. The van der Waals surface area contributed by atoms with E-state index in [1.807, 2.05) is 18.4 Å². The molecule has 0 amide bonds. The van der Waals surface area contributed by atoms with E-state index in [0.29, 0.717) is 11.3 Å². The van der Waals surface area contributed by atoms with Crippen molar-refractivity contribution in [3.05, 3.63) is 85.7 Å². The summed E-state index contributed by atoms with van der Waals surface area (Å²) in [7, 11) is 0. The maximum Gasteiger partial charge on any atom is 0.318 e. The van der Waals surface area contributed by atoms with Gasteiger partial charge in [0.2, 0.25) is 5.75 Å². The Morgan fingerprint density at radius 2 is 1.64 bits per heavy atom. The molecule has 0 unspecified atom stereocenters. The summed E-state index contributed by atoms with van der Waals surface area (Å²) in [6, 6.07) is 11.7. The summed E-state index contributed by atoms with van der Waals surface area (Å²) in [5.74, 6) is 0.235. The number of nitrogens with zero attached hydrogens (tertiary/aromatic N) is 3. The summed E-state index contributed by atoms with van der Waals surface area (Å²) in [5.41, 5.74) is 2.20. The Morgan fingerprint density at radius 3 is 2.18 bits per heavy atom. The molecule has 0 bridgehead atoms. The normalized spacial score (nSPS) is 10.5. The standard InChI is InChI=1S/C19H15N3O6/c1-12-9-14(11-23)13(2)20(12)15-3-6-17(7-4-15)28-19-8-5-16(21(24)25)10-18(19)22(26)27/h3-11H,1-2H3. The number of carbonyl (C=O) groups is 1. The molecule has 0 saturated heterocycles. The van der Waals surface area contributed by atoms with Crippen molar-refractivity contribution in [1.29, 1.82) is 0 Å². The highest BCUT2D eigenvalue weighted by Gasteiger charge is 2.21. The predicted octanol–water partition coefficient (Wildman–Crippen LogP) is 4.52. The molecule has 2 aromatic carbocycles. The van der Waals surface area contributed by atoms with Gasteiger partial charge in [-0.15, -0.1) is 0 Å². The van der Waals surface area contributed by atoms with E-state index in [1.165, 1.54) is 6.07 Å². The van der Waals surface area contributed by atoms with Gasteiger partial charge >= 0.3 is 5.69 Å². The second kappa shape index (κ2) is 7.31. The van der Waals surface area contributed by atoms with Gasteiger partial charge in [-0.25, -0.2) is 0 Å². The fourth-order valence-electron chi connectivity index (χ4n) is 2.94. The smallest absolute Gasteiger partial charge is 0.318 e. The van der Waals surface area contributed by atoms with Crippen LogP contribution in [0.2, 0.25) is 0 Å². The Kier molecular flexibility index (Phi) is 4.90. The van der Waals surface area contributed by atoms with Crippen LogP contribution in [0.15, 0.2) is 48.5 Å². The molecule has 3 rings (SSSR count). The van der Waals surface area contributed by atoms with Crippen LogP contribution in [0.5, 0.6) is 11.5 Å². The lowest BCUT2D eigenvalue weighted by Gasteiger charge is -2.11. The van der Waals surface area contributed by atoms with Gasteiger partial charge in [0.25, 0.3) is 5.69 Å². The minimum absolute atomic E-state index is 0.0973. The average molecular weight is 381 g/mol. The van der Waals surface area contributed by atoms with Gasteiger partial charge < -0.3 is 9.30 Å². The molecule has 0 fully saturated rings. The summed E-state index contributed by atoms with van der Waals surface area (Å²) < 4.78 is 7.46. The number of aryl methyl sites for hydroxylation is 1. The Bertz CT molecular complexity index is 1090. The monoisotopic (exact) mass is 381 g/mol. The maximum absolute atomic E-state index is 11.2. The number of carbonyl (C=O) groups excluding carboxylic acids is 1. The van der Waals surface area contributed by atoms with Crippen LogP contribution in [0.25, 0.3) is 5.69 Å². The Morgan fingerprint density at radius 1 is 0.964 bits per heavy atom. The minimum Gasteiger partial charge on any atom is -0.450 e. The van der Waals surface area contributed by atoms with Gasteiger partial charge in [-0.3, -0.25) is 25.0 Å². The average Bonchev–Trinajstić information content (AvgIpc) is 2.96. The predicted molar refractivity (Wildman–Crippen MR) is 100 cm³/mol. The number of rotatable bonds is 6. The third-order valence-corrected chi connectivity index (χ3v) is 4.27. The van der Waals surface area contributed by atoms with Crippen LogP contribution < -0.4 is 4.74 Å². The number of aldehydes is 1. The molecule has 9 nitrogen and oxygen atoms in total. The zero-order valence-corrected chi connectivity index (χ0v) is 15.0. The van der Waals surface area contributed by atoms with Crippen molar-refractivity contribution >= 4 is 17.7 Å². The Labute approximate surface area is 159 Å². The molecule has 0 spiro atoms. The van der Waals surface area contributed by atoms with Gasteiger partial charge in [0.15, 0.2) is 6.29 Å². The van der Waals surface area contributed by atoms with Gasteiger partial charge in [-0.2, -0.15) is 0 Å². The molecule has 0 atom stereocenters. The van der Waals surface area contributed by atoms with E-state index < -0.39 is 15.5 Å². The summed E-state index contributed by atoms with van der Waals surface area (Å²) in [4.78, 5) is 31.7. The van der Waals surface area contributed by atoms with Gasteiger partial charge in [0.1, 0.15) is 5.75 Å². The highest BCUT2D eigenvalue weighted by atomic mass is 16.6. The topological polar surface area (TPSA) is 118 Å². The first-order valence-corrected chi connectivity index (χ1v) is 8.17. The van der Waals surface area contributed by atoms with Crippen LogP contribution in [-0.2, 0) is 0 Å². The number of benzene rings is 2. The lowest BCUT2D eigenvalue weighted by molar-refractivity contribution is -0.394. The maximum atomic E-state index is 11.2. The van der Waals surface area contributed by atoms with Crippen molar-refractivity contribution in [3.8, 4) is 17.2 Å². The third-order valence-electron chi connectivity index (χ3n) is 4.27. The van der Waals surface area contributed by atoms with Crippen LogP contribution >= 0.6 is 0 Å². The van der Waals surface area contributed by atoms with Crippen LogP contribution in [-0.4, -0.2) is 20.7 Å². The number of nitro groups is 2. The van der Waals surface area contributed by atoms with E-state index in [4.69, 9.17) is 4.74 Å². The molecule has 0 radical (unpaired) electrons. The Hall–Kier alpha value is -4.01. The minimum atomic E-state index is -0.732. The summed E-state index contributed by atoms with van der Waals surface area (Å²) in [6.45, 7) is 3.71. The van der Waals surface area contributed by atoms with Crippen molar-refractivity contribution in [2.24, 2.45) is 0 Å². The fourth-order valence-corrected chi connectivity index (χ4v) is 2.94. The largest absolute Gasteiger partial charge is 0.450 e. The van der Waals surface area contributed by atoms with Crippen LogP contribution in [0.3, 0.4) is 0 Å². The molecular weight excluding hydrogens is 366 g/mol.